The summed E-state index contributed by atoms with van der Waals surface area (Å²) in [7, 11) is 0. The highest BCUT2D eigenvalue weighted by Crippen LogP contribution is 2.45. The molecule has 0 saturated carbocycles. The fraction of sp³-hybridized carbons (Fsp3) is 0.500. The largest absolute Gasteiger partial charge is 0.452 e. The lowest BCUT2D eigenvalue weighted by Gasteiger charge is -2.10. The van der Waals surface area contributed by atoms with Crippen LogP contribution in [0.15, 0.2) is 24.3 Å². The van der Waals surface area contributed by atoms with Crippen molar-refractivity contribution in [3.8, 4) is 0 Å². The van der Waals surface area contributed by atoms with E-state index in [1.54, 1.807) is 12.1 Å². The van der Waals surface area contributed by atoms with E-state index in [4.69, 9.17) is 4.74 Å². The summed E-state index contributed by atoms with van der Waals surface area (Å²) in [6.07, 6.45) is 0.824. The van der Waals surface area contributed by atoms with E-state index in [2.05, 4.69) is 10.6 Å². The zero-order chi connectivity index (χ0) is 18.9. The van der Waals surface area contributed by atoms with Gasteiger partial charge >= 0.3 is 12.0 Å². The molecule has 0 spiro atoms. The van der Waals surface area contributed by atoms with Crippen LogP contribution in [0.4, 0.5) is 4.79 Å². The van der Waals surface area contributed by atoms with Gasteiger partial charge in [-0.3, -0.25) is 10.1 Å². The second-order valence-electron chi connectivity index (χ2n) is 6.26. The van der Waals surface area contributed by atoms with E-state index in [1.165, 1.54) is 5.56 Å². The molecule has 1 aromatic carbocycles. The Morgan fingerprint density at radius 3 is 2.42 bits per heavy atom. The van der Waals surface area contributed by atoms with E-state index < -0.39 is 24.5 Å². The summed E-state index contributed by atoms with van der Waals surface area (Å²) in [5, 5.41) is 4.72. The van der Waals surface area contributed by atoms with Gasteiger partial charge in [-0.1, -0.05) is 26.0 Å². The number of esters is 1. The maximum absolute atomic E-state index is 12.0. The molecule has 142 valence electrons. The topological polar surface area (TPSA) is 84.5 Å². The van der Waals surface area contributed by atoms with Crippen molar-refractivity contribution in [2.24, 2.45) is 5.92 Å². The second kappa shape index (κ2) is 10.5. The molecular formula is C18H24N2O4S2. The standard InChI is InChI=1S/C18H24N2O4S2/c1-12(2)7-8-19-18(23)20-15(21)11-24-16(22)13-3-5-14(6-4-13)17-25-9-10-26-17/h3-6,12,17H,7-11H2,1-2H3,(H2,19,20,21,23). The first-order valence-corrected chi connectivity index (χ1v) is 10.6. The van der Waals surface area contributed by atoms with Crippen LogP contribution in [0.1, 0.15) is 40.8 Å². The van der Waals surface area contributed by atoms with Crippen LogP contribution in [0.3, 0.4) is 0 Å². The first-order chi connectivity index (χ1) is 12.5. The van der Waals surface area contributed by atoms with Crippen LogP contribution < -0.4 is 10.6 Å². The highest BCUT2D eigenvalue weighted by molar-refractivity contribution is 8.19. The second-order valence-corrected chi connectivity index (χ2v) is 8.98. The quantitative estimate of drug-likeness (QED) is 0.689. The molecule has 0 bridgehead atoms. The average Bonchev–Trinajstić information content (AvgIpc) is 3.14. The van der Waals surface area contributed by atoms with E-state index in [9.17, 15) is 14.4 Å². The van der Waals surface area contributed by atoms with E-state index in [0.717, 1.165) is 17.9 Å². The van der Waals surface area contributed by atoms with Crippen LogP contribution in [-0.4, -0.2) is 42.6 Å². The third kappa shape index (κ3) is 6.92. The van der Waals surface area contributed by atoms with Crippen LogP contribution in [0.2, 0.25) is 0 Å². The predicted molar refractivity (Wildman–Crippen MR) is 105 cm³/mol. The summed E-state index contributed by atoms with van der Waals surface area (Å²) in [6.45, 7) is 4.08. The molecular weight excluding hydrogens is 372 g/mol. The molecule has 1 aliphatic heterocycles. The first-order valence-electron chi connectivity index (χ1n) is 8.53. The Morgan fingerprint density at radius 1 is 1.15 bits per heavy atom. The molecule has 1 aromatic rings. The molecule has 0 atom stereocenters. The lowest BCUT2D eigenvalue weighted by Crippen LogP contribution is -2.41. The summed E-state index contributed by atoms with van der Waals surface area (Å²) in [5.41, 5.74) is 1.56. The molecule has 0 aromatic heterocycles. The van der Waals surface area contributed by atoms with E-state index in [1.807, 2.05) is 49.5 Å². The summed E-state index contributed by atoms with van der Waals surface area (Å²) < 4.78 is 5.37. The molecule has 1 heterocycles. The van der Waals surface area contributed by atoms with Gasteiger partial charge in [0.1, 0.15) is 0 Å². The van der Waals surface area contributed by atoms with Gasteiger partial charge in [0.05, 0.1) is 10.1 Å². The highest BCUT2D eigenvalue weighted by atomic mass is 32.2. The lowest BCUT2D eigenvalue weighted by molar-refractivity contribution is -0.123. The number of thioether (sulfide) groups is 2. The Balaban J connectivity index is 1.71. The number of imide groups is 1. The number of amides is 3. The van der Waals surface area contributed by atoms with E-state index in [0.29, 0.717) is 22.6 Å². The van der Waals surface area contributed by atoms with Gasteiger partial charge < -0.3 is 10.1 Å². The van der Waals surface area contributed by atoms with Gasteiger partial charge in [0.25, 0.3) is 5.91 Å². The van der Waals surface area contributed by atoms with Gasteiger partial charge in [-0.25, -0.2) is 9.59 Å². The number of ether oxygens (including phenoxy) is 1. The summed E-state index contributed by atoms with van der Waals surface area (Å²) in [6, 6.07) is 6.65. The minimum absolute atomic E-state index is 0.385. The molecule has 3 amide bonds. The average molecular weight is 397 g/mol. The molecule has 6 nitrogen and oxygen atoms in total. The molecule has 0 aliphatic carbocycles. The van der Waals surface area contributed by atoms with Crippen LogP contribution in [-0.2, 0) is 9.53 Å². The number of urea groups is 1. The lowest BCUT2D eigenvalue weighted by atomic mass is 10.1. The van der Waals surface area contributed by atoms with Gasteiger partial charge in [0, 0.05) is 18.1 Å². The number of carbonyl (C=O) groups is 3. The molecule has 26 heavy (non-hydrogen) atoms. The van der Waals surface area contributed by atoms with Crippen LogP contribution >= 0.6 is 23.5 Å². The van der Waals surface area contributed by atoms with Crippen molar-refractivity contribution >= 4 is 41.4 Å². The van der Waals surface area contributed by atoms with Crippen molar-refractivity contribution in [1.82, 2.24) is 10.6 Å². The van der Waals surface area contributed by atoms with Crippen LogP contribution in [0.25, 0.3) is 0 Å². The number of nitrogens with one attached hydrogen (secondary N) is 2. The van der Waals surface area contributed by atoms with Gasteiger partial charge in [-0.15, -0.1) is 23.5 Å². The van der Waals surface area contributed by atoms with Crippen LogP contribution in [0.5, 0.6) is 0 Å². The van der Waals surface area contributed by atoms with Gasteiger partial charge in [-0.05, 0) is 30.0 Å². The smallest absolute Gasteiger partial charge is 0.338 e. The fourth-order valence-electron chi connectivity index (χ4n) is 2.22. The van der Waals surface area contributed by atoms with Gasteiger partial charge in [-0.2, -0.15) is 0 Å². The molecule has 2 N–H and O–H groups in total. The minimum Gasteiger partial charge on any atom is -0.452 e. The molecule has 2 rings (SSSR count). The van der Waals surface area contributed by atoms with Crippen molar-refractivity contribution < 1.29 is 19.1 Å². The van der Waals surface area contributed by atoms with Gasteiger partial charge in [0.15, 0.2) is 6.61 Å². The normalized spacial score (nSPS) is 14.3. The number of hydrogen-bond donors (Lipinski definition) is 2. The van der Waals surface area contributed by atoms with Crippen molar-refractivity contribution in [2.75, 3.05) is 24.7 Å². The van der Waals surface area contributed by atoms with E-state index >= 15 is 0 Å². The Morgan fingerprint density at radius 2 is 1.81 bits per heavy atom. The zero-order valence-corrected chi connectivity index (χ0v) is 16.6. The maximum atomic E-state index is 12.0. The van der Waals surface area contributed by atoms with Crippen molar-refractivity contribution in [3.63, 3.8) is 0 Å². The summed E-state index contributed by atoms with van der Waals surface area (Å²) >= 11 is 3.79. The van der Waals surface area contributed by atoms with Crippen LogP contribution in [0, 0.1) is 5.92 Å². The number of carbonyl (C=O) groups excluding carboxylic acids is 3. The Hall–Kier alpha value is -1.67. The Bertz CT molecular complexity index is 629. The minimum atomic E-state index is -0.657. The fourth-order valence-corrected chi connectivity index (χ4v) is 5.08. The third-order valence-corrected chi connectivity index (χ3v) is 6.74. The molecule has 0 radical (unpaired) electrons. The van der Waals surface area contributed by atoms with Crippen molar-refractivity contribution in [2.45, 2.75) is 24.9 Å². The summed E-state index contributed by atoms with van der Waals surface area (Å²) in [5.74, 6) is 1.50. The monoisotopic (exact) mass is 396 g/mol. The predicted octanol–water partition coefficient (Wildman–Crippen LogP) is 3.19. The van der Waals surface area contributed by atoms with Gasteiger partial charge in [0.2, 0.25) is 0 Å². The zero-order valence-electron chi connectivity index (χ0n) is 14.9. The molecule has 1 saturated heterocycles. The number of benzene rings is 1. The highest BCUT2D eigenvalue weighted by Gasteiger charge is 2.19. The Labute approximate surface area is 162 Å². The van der Waals surface area contributed by atoms with E-state index in [-0.39, 0.29) is 0 Å². The molecule has 8 heteroatoms. The number of hydrogen-bond acceptors (Lipinski definition) is 6. The molecule has 0 unspecified atom stereocenters. The van der Waals surface area contributed by atoms with Crippen molar-refractivity contribution in [3.05, 3.63) is 35.4 Å². The van der Waals surface area contributed by atoms with Crippen molar-refractivity contribution in [1.29, 1.82) is 0 Å². The maximum Gasteiger partial charge on any atom is 0.338 e. The molecule has 1 aliphatic rings. The molecule has 1 fully saturated rings. The third-order valence-electron chi connectivity index (χ3n) is 3.63. The summed E-state index contributed by atoms with van der Waals surface area (Å²) in [4.78, 5) is 35.2. The number of rotatable bonds is 7. The Kier molecular flexibility index (Phi) is 8.31. The first kappa shape index (κ1) is 20.6. The SMILES string of the molecule is CC(C)CCNC(=O)NC(=O)COC(=O)c1ccc(C2SCCS2)cc1.